The number of carbonyl (C=O) groups excluding carboxylic acids is 1. The molecule has 29 heavy (non-hydrogen) atoms. The maximum absolute atomic E-state index is 13.8. The molecule has 162 valence electrons. The maximum atomic E-state index is 13.8. The molecule has 2 fully saturated rings. The predicted molar refractivity (Wildman–Crippen MR) is 92.3 cm³/mol. The van der Waals surface area contributed by atoms with E-state index in [1.165, 1.54) is 7.11 Å². The van der Waals surface area contributed by atoms with Crippen LogP contribution in [0, 0.1) is 0 Å². The van der Waals surface area contributed by atoms with Gasteiger partial charge in [0.1, 0.15) is 18.3 Å². The molecule has 1 amide bonds. The molecule has 0 unspecified atom stereocenters. The van der Waals surface area contributed by atoms with Gasteiger partial charge in [0.25, 0.3) is 12.1 Å². The van der Waals surface area contributed by atoms with Crippen molar-refractivity contribution in [2.45, 2.75) is 63.1 Å². The van der Waals surface area contributed by atoms with Crippen LogP contribution in [0.2, 0.25) is 0 Å². The minimum Gasteiger partial charge on any atom is -0.376 e. The molecule has 3 rings (SSSR count). The molecule has 2 aliphatic rings. The fourth-order valence-electron chi connectivity index (χ4n) is 3.53. The van der Waals surface area contributed by atoms with Gasteiger partial charge < -0.3 is 23.8 Å². The molecule has 0 saturated carbocycles. The van der Waals surface area contributed by atoms with Gasteiger partial charge in [0, 0.05) is 13.7 Å². The second-order valence-corrected chi connectivity index (χ2v) is 7.45. The highest BCUT2D eigenvalue weighted by molar-refractivity contribution is 5.81. The van der Waals surface area contributed by atoms with Gasteiger partial charge in [-0.2, -0.15) is 13.2 Å². The third kappa shape index (κ3) is 4.88. The van der Waals surface area contributed by atoms with Crippen molar-refractivity contribution in [3.8, 4) is 0 Å². The summed E-state index contributed by atoms with van der Waals surface area (Å²) in [5.41, 5.74) is 0.552. The third-order valence-corrected chi connectivity index (χ3v) is 4.79. The van der Waals surface area contributed by atoms with E-state index in [-0.39, 0.29) is 13.1 Å². The molecular formula is C19H23F4NO5. The van der Waals surface area contributed by atoms with E-state index < -0.39 is 48.6 Å². The lowest BCUT2D eigenvalue weighted by Gasteiger charge is -2.31. The number of hydrogen-bond donors (Lipinski definition) is 0. The lowest BCUT2D eigenvalue weighted by atomic mass is 10.1. The molecule has 10 heteroatoms. The monoisotopic (exact) mass is 421 g/mol. The molecule has 2 aliphatic heterocycles. The van der Waals surface area contributed by atoms with Crippen molar-refractivity contribution in [3.63, 3.8) is 0 Å². The molecule has 5 atom stereocenters. The van der Waals surface area contributed by atoms with Gasteiger partial charge in [-0.3, -0.25) is 4.79 Å². The zero-order valence-electron chi connectivity index (χ0n) is 16.2. The topological polar surface area (TPSA) is 57.2 Å². The van der Waals surface area contributed by atoms with E-state index in [1.807, 2.05) is 0 Å². The second kappa shape index (κ2) is 8.17. The van der Waals surface area contributed by atoms with E-state index in [0.29, 0.717) is 5.56 Å². The van der Waals surface area contributed by atoms with Crippen LogP contribution in [-0.2, 0) is 30.3 Å². The van der Waals surface area contributed by atoms with Crippen LogP contribution in [-0.4, -0.2) is 67.2 Å². The smallest absolute Gasteiger partial charge is 0.376 e. The number of benzene rings is 1. The van der Waals surface area contributed by atoms with Gasteiger partial charge in [-0.05, 0) is 19.4 Å². The number of fused-ring (bicyclic) bond motifs is 1. The molecule has 2 heterocycles. The van der Waals surface area contributed by atoms with Gasteiger partial charge in [-0.15, -0.1) is 0 Å². The summed E-state index contributed by atoms with van der Waals surface area (Å²) >= 11 is 0. The van der Waals surface area contributed by atoms with Crippen molar-refractivity contribution in [2.24, 2.45) is 0 Å². The molecule has 1 aromatic carbocycles. The van der Waals surface area contributed by atoms with Crippen LogP contribution in [0.15, 0.2) is 30.3 Å². The van der Waals surface area contributed by atoms with Gasteiger partial charge >= 0.3 is 6.18 Å². The van der Waals surface area contributed by atoms with Crippen molar-refractivity contribution in [3.05, 3.63) is 35.9 Å². The Morgan fingerprint density at radius 2 is 1.90 bits per heavy atom. The fraction of sp³-hybridized carbons (Fsp3) is 0.632. The first-order valence-electron chi connectivity index (χ1n) is 9.09. The first-order valence-corrected chi connectivity index (χ1v) is 9.09. The quantitative estimate of drug-likeness (QED) is 0.662. The Balaban J connectivity index is 1.78. The summed E-state index contributed by atoms with van der Waals surface area (Å²) in [4.78, 5) is 13.1. The summed E-state index contributed by atoms with van der Waals surface area (Å²) in [6, 6.07) is 8.34. The Labute approximate surface area is 165 Å². The van der Waals surface area contributed by atoms with Crippen LogP contribution in [0.5, 0.6) is 0 Å². The average Bonchev–Trinajstić information content (AvgIpc) is 3.10. The van der Waals surface area contributed by atoms with Gasteiger partial charge in [-0.1, -0.05) is 30.3 Å². The lowest BCUT2D eigenvalue weighted by Crippen LogP contribution is -2.49. The average molecular weight is 421 g/mol. The lowest BCUT2D eigenvalue weighted by molar-refractivity contribution is -0.220. The van der Waals surface area contributed by atoms with Crippen molar-refractivity contribution >= 4 is 5.91 Å². The number of halogens is 4. The minimum atomic E-state index is -5.30. The van der Waals surface area contributed by atoms with E-state index in [4.69, 9.17) is 18.9 Å². The molecule has 0 bridgehead atoms. The van der Waals surface area contributed by atoms with Gasteiger partial charge in [0.15, 0.2) is 12.1 Å². The Morgan fingerprint density at radius 3 is 2.48 bits per heavy atom. The summed E-state index contributed by atoms with van der Waals surface area (Å²) in [6.45, 7) is 2.86. The standard InChI is InChI=1S/C19H23F4NO5/c1-18(2)28-14-13(26-3)12(27-17(14)29-18)10-24(9-11-7-5-4-6-8-11)16(25)15(20)19(21,22)23/h4-8,12-15,17H,9-10H2,1-3H3/t12-,13+,14-,15-,17-/m1/s1. The summed E-state index contributed by atoms with van der Waals surface area (Å²) < 4.78 is 74.7. The van der Waals surface area contributed by atoms with Crippen molar-refractivity contribution in [1.29, 1.82) is 0 Å². The molecule has 0 spiro atoms. The van der Waals surface area contributed by atoms with Crippen LogP contribution < -0.4 is 0 Å². The Bertz CT molecular complexity index is 714. The van der Waals surface area contributed by atoms with E-state index in [1.54, 1.807) is 44.2 Å². The normalized spacial score (nSPS) is 29.5. The molecule has 2 saturated heterocycles. The molecule has 0 aromatic heterocycles. The van der Waals surface area contributed by atoms with Crippen molar-refractivity contribution in [2.75, 3.05) is 13.7 Å². The maximum Gasteiger partial charge on any atom is 0.428 e. The highest BCUT2D eigenvalue weighted by Gasteiger charge is 2.56. The summed E-state index contributed by atoms with van der Waals surface area (Å²) in [5.74, 6) is -2.59. The Hall–Kier alpha value is -1.75. The number of amides is 1. The van der Waals surface area contributed by atoms with Crippen LogP contribution in [0.4, 0.5) is 17.6 Å². The predicted octanol–water partition coefficient (Wildman–Crippen LogP) is 2.81. The van der Waals surface area contributed by atoms with Gasteiger partial charge in [-0.25, -0.2) is 4.39 Å². The summed E-state index contributed by atoms with van der Waals surface area (Å²) in [7, 11) is 1.40. The Morgan fingerprint density at radius 1 is 1.24 bits per heavy atom. The van der Waals surface area contributed by atoms with E-state index in [0.717, 1.165) is 4.90 Å². The van der Waals surface area contributed by atoms with Crippen molar-refractivity contribution in [1.82, 2.24) is 4.90 Å². The van der Waals surface area contributed by atoms with Crippen LogP contribution in [0.25, 0.3) is 0 Å². The largest absolute Gasteiger partial charge is 0.428 e. The molecule has 0 radical (unpaired) electrons. The fourth-order valence-corrected chi connectivity index (χ4v) is 3.53. The highest BCUT2D eigenvalue weighted by Crippen LogP contribution is 2.39. The van der Waals surface area contributed by atoms with E-state index >= 15 is 0 Å². The zero-order chi connectivity index (χ0) is 21.4. The van der Waals surface area contributed by atoms with Crippen LogP contribution in [0.3, 0.4) is 0 Å². The number of ether oxygens (including phenoxy) is 4. The molecule has 1 aromatic rings. The van der Waals surface area contributed by atoms with Gasteiger partial charge in [0.05, 0.1) is 6.54 Å². The summed E-state index contributed by atoms with van der Waals surface area (Å²) in [6.07, 6.45) is -11.9. The minimum absolute atomic E-state index is 0.213. The second-order valence-electron chi connectivity index (χ2n) is 7.45. The number of methoxy groups -OCH3 is 1. The van der Waals surface area contributed by atoms with E-state index in [9.17, 15) is 22.4 Å². The van der Waals surface area contributed by atoms with Gasteiger partial charge in [0.2, 0.25) is 0 Å². The number of hydrogen-bond acceptors (Lipinski definition) is 5. The molecule has 0 N–H and O–H groups in total. The van der Waals surface area contributed by atoms with Crippen LogP contribution >= 0.6 is 0 Å². The zero-order valence-corrected chi connectivity index (χ0v) is 16.2. The SMILES string of the molecule is CO[C@@H]1[C@H]2OC(C)(C)O[C@H]2O[C@@H]1CN(Cc1ccccc1)C(=O)[C@@H](F)C(F)(F)F. The molecule has 0 aliphatic carbocycles. The first kappa shape index (κ1) is 21.9. The highest BCUT2D eigenvalue weighted by atomic mass is 19.4. The van der Waals surface area contributed by atoms with Crippen molar-refractivity contribution < 1.29 is 41.3 Å². The van der Waals surface area contributed by atoms with E-state index in [2.05, 4.69) is 0 Å². The number of alkyl halides is 4. The third-order valence-electron chi connectivity index (χ3n) is 4.79. The van der Waals surface area contributed by atoms with Crippen LogP contribution in [0.1, 0.15) is 19.4 Å². The molecule has 6 nitrogen and oxygen atoms in total. The number of nitrogens with zero attached hydrogens (tertiary/aromatic N) is 1. The summed E-state index contributed by atoms with van der Waals surface area (Å²) in [5, 5.41) is 0. The number of rotatable bonds is 6. The number of carbonyl (C=O) groups is 1. The molecular weight excluding hydrogens is 398 g/mol. The Kier molecular flexibility index (Phi) is 6.19. The first-order chi connectivity index (χ1) is 13.5.